The van der Waals surface area contributed by atoms with Gasteiger partial charge < -0.3 is 19.1 Å². The van der Waals surface area contributed by atoms with Crippen molar-refractivity contribution in [1.29, 1.82) is 0 Å². The Labute approximate surface area is 233 Å². The summed E-state index contributed by atoms with van der Waals surface area (Å²) in [4.78, 5) is 25.3. The minimum atomic E-state index is -0.880. The van der Waals surface area contributed by atoms with Crippen molar-refractivity contribution >= 4 is 22.8 Å². The van der Waals surface area contributed by atoms with E-state index < -0.39 is 11.4 Å². The van der Waals surface area contributed by atoms with Crippen LogP contribution in [0.4, 0.5) is 0 Å². The number of nitrogens with zero attached hydrogens (tertiary/aromatic N) is 1. The highest BCUT2D eigenvalue weighted by molar-refractivity contribution is 6.00. The second-order valence-corrected chi connectivity index (χ2v) is 11.6. The molecule has 2 unspecified atom stereocenters. The number of methoxy groups -OCH3 is 1. The minimum Gasteiger partial charge on any atom is -0.489 e. The van der Waals surface area contributed by atoms with E-state index in [1.165, 1.54) is 31.9 Å². The van der Waals surface area contributed by atoms with Gasteiger partial charge in [-0.25, -0.2) is 4.79 Å². The molecular formula is C34H33NO5. The summed E-state index contributed by atoms with van der Waals surface area (Å²) in [5.41, 5.74) is 6.17. The van der Waals surface area contributed by atoms with Crippen molar-refractivity contribution in [3.8, 4) is 17.0 Å². The van der Waals surface area contributed by atoms with Gasteiger partial charge in [-0.1, -0.05) is 55.7 Å². The molecule has 6 nitrogen and oxygen atoms in total. The number of benzene rings is 3. The number of aliphatic carboxylic acids is 1. The number of esters is 1. The van der Waals surface area contributed by atoms with Gasteiger partial charge in [0.15, 0.2) is 0 Å². The lowest BCUT2D eigenvalue weighted by Crippen LogP contribution is -2.22. The van der Waals surface area contributed by atoms with Crippen LogP contribution in [-0.2, 0) is 22.7 Å². The Morgan fingerprint density at radius 2 is 1.80 bits per heavy atom. The zero-order valence-electron chi connectivity index (χ0n) is 22.7. The number of carbonyl (C=O) groups is 2. The molecule has 3 aromatic carbocycles. The first-order chi connectivity index (χ1) is 19.5. The fourth-order valence-corrected chi connectivity index (χ4v) is 7.23. The lowest BCUT2D eigenvalue weighted by atomic mass is 9.81. The largest absolute Gasteiger partial charge is 0.489 e. The molecule has 2 saturated carbocycles. The van der Waals surface area contributed by atoms with Gasteiger partial charge in [0.25, 0.3) is 0 Å². The average molecular weight is 536 g/mol. The molecule has 1 aliphatic heterocycles. The molecule has 0 radical (unpaired) electrons. The fraction of sp³-hybridized carbons (Fsp3) is 0.353. The van der Waals surface area contributed by atoms with Crippen LogP contribution in [-0.4, -0.2) is 28.7 Å². The van der Waals surface area contributed by atoms with Crippen LogP contribution in [0.3, 0.4) is 0 Å². The van der Waals surface area contributed by atoms with E-state index in [-0.39, 0.29) is 11.9 Å². The lowest BCUT2D eigenvalue weighted by molar-refractivity contribution is -0.144. The molecule has 2 fully saturated rings. The maximum Gasteiger partial charge on any atom is 0.337 e. The van der Waals surface area contributed by atoms with E-state index in [4.69, 9.17) is 9.47 Å². The second-order valence-electron chi connectivity index (χ2n) is 11.6. The molecular weight excluding hydrogens is 502 g/mol. The van der Waals surface area contributed by atoms with Crippen LogP contribution in [0, 0.1) is 5.41 Å². The summed E-state index contributed by atoms with van der Waals surface area (Å²) in [5.74, 6) is -0.0856. The highest BCUT2D eigenvalue weighted by Crippen LogP contribution is 2.65. The SMILES string of the molecule is COC(=O)c1ccc2c(C3CCCCC3)c3n(c2c1)CC1(C(=O)O)CC1c1cc(OCc2ccccc2)ccc1-3. The van der Waals surface area contributed by atoms with Gasteiger partial charge in [0, 0.05) is 28.9 Å². The molecule has 7 rings (SSSR count). The number of carboxylic acid groups (broad SMARTS) is 1. The van der Waals surface area contributed by atoms with Crippen LogP contribution in [0.5, 0.6) is 5.75 Å². The molecule has 3 aliphatic rings. The Morgan fingerprint density at radius 3 is 2.55 bits per heavy atom. The minimum absolute atomic E-state index is 0.0850. The summed E-state index contributed by atoms with van der Waals surface area (Å²) >= 11 is 0. The highest BCUT2D eigenvalue weighted by atomic mass is 16.5. The van der Waals surface area contributed by atoms with Crippen LogP contribution in [0.1, 0.15) is 77.4 Å². The number of rotatable bonds is 6. The van der Waals surface area contributed by atoms with Crippen LogP contribution < -0.4 is 4.74 Å². The predicted molar refractivity (Wildman–Crippen MR) is 153 cm³/mol. The number of fused-ring (bicyclic) bond motifs is 7. The number of ether oxygens (including phenoxy) is 2. The van der Waals surface area contributed by atoms with Gasteiger partial charge in [-0.2, -0.15) is 0 Å². The quantitative estimate of drug-likeness (QED) is 0.262. The molecule has 204 valence electrons. The van der Waals surface area contributed by atoms with Gasteiger partial charge in [0.05, 0.1) is 23.8 Å². The normalized spacial score (nSPS) is 21.6. The molecule has 2 aliphatic carbocycles. The van der Waals surface area contributed by atoms with E-state index in [1.807, 2.05) is 54.6 Å². The Kier molecular flexibility index (Phi) is 5.95. The van der Waals surface area contributed by atoms with E-state index in [0.29, 0.717) is 31.1 Å². The molecule has 4 aromatic rings. The Balaban J connectivity index is 1.42. The van der Waals surface area contributed by atoms with Crippen molar-refractivity contribution in [3.63, 3.8) is 0 Å². The summed E-state index contributed by atoms with van der Waals surface area (Å²) in [6.45, 7) is 0.837. The van der Waals surface area contributed by atoms with Crippen LogP contribution >= 0.6 is 0 Å². The topological polar surface area (TPSA) is 77.8 Å². The van der Waals surface area contributed by atoms with E-state index >= 15 is 0 Å². The first kappa shape index (κ1) is 24.9. The molecule has 0 spiro atoms. The highest BCUT2D eigenvalue weighted by Gasteiger charge is 2.63. The molecule has 0 saturated heterocycles. The van der Waals surface area contributed by atoms with Crippen LogP contribution in [0.2, 0.25) is 0 Å². The molecule has 1 N–H and O–H groups in total. The molecule has 40 heavy (non-hydrogen) atoms. The monoisotopic (exact) mass is 535 g/mol. The average Bonchev–Trinajstić information content (AvgIpc) is 3.67. The third-order valence-corrected chi connectivity index (χ3v) is 9.38. The van der Waals surface area contributed by atoms with Crippen molar-refractivity contribution in [2.24, 2.45) is 5.41 Å². The van der Waals surface area contributed by atoms with E-state index in [1.54, 1.807) is 0 Å². The number of carbonyl (C=O) groups excluding carboxylic acids is 1. The number of aromatic nitrogens is 1. The molecule has 1 aromatic heterocycles. The number of hydrogen-bond acceptors (Lipinski definition) is 4. The summed E-state index contributed by atoms with van der Waals surface area (Å²) in [7, 11) is 1.39. The molecule has 0 amide bonds. The Morgan fingerprint density at radius 1 is 1.00 bits per heavy atom. The summed E-state index contributed by atoms with van der Waals surface area (Å²) < 4.78 is 13.4. The summed E-state index contributed by atoms with van der Waals surface area (Å²) in [5, 5.41) is 11.6. The number of hydrogen-bond donors (Lipinski definition) is 1. The predicted octanol–water partition coefficient (Wildman–Crippen LogP) is 7.29. The first-order valence-corrected chi connectivity index (χ1v) is 14.3. The van der Waals surface area contributed by atoms with Gasteiger partial charge in [0.1, 0.15) is 12.4 Å². The van der Waals surface area contributed by atoms with Crippen molar-refractivity contribution in [3.05, 3.63) is 89.0 Å². The Bertz CT molecular complexity index is 1630. The standard InChI is InChI=1S/C34H33NO5/c1-39-32(36)23-12-14-26-29(16-23)35-20-34(33(37)38)18-28(34)27-17-24(40-19-21-8-4-2-5-9-21)13-15-25(27)31(35)30(26)22-10-6-3-7-11-22/h2,4-5,8-9,12-17,22,28H,3,6-7,10-11,18-20H2,1H3,(H,37,38). The van der Waals surface area contributed by atoms with Crippen LogP contribution in [0.15, 0.2) is 66.7 Å². The number of carboxylic acids is 1. The van der Waals surface area contributed by atoms with Gasteiger partial charge >= 0.3 is 11.9 Å². The van der Waals surface area contributed by atoms with E-state index in [9.17, 15) is 14.7 Å². The maximum absolute atomic E-state index is 12.8. The maximum atomic E-state index is 12.8. The van der Waals surface area contributed by atoms with Crippen molar-refractivity contribution < 1.29 is 24.2 Å². The third kappa shape index (κ3) is 3.92. The molecule has 6 heteroatoms. The second kappa shape index (κ2) is 9.54. The smallest absolute Gasteiger partial charge is 0.337 e. The van der Waals surface area contributed by atoms with E-state index in [0.717, 1.165) is 51.9 Å². The zero-order chi connectivity index (χ0) is 27.4. The lowest BCUT2D eigenvalue weighted by Gasteiger charge is -2.24. The van der Waals surface area contributed by atoms with Crippen LogP contribution in [0.25, 0.3) is 22.2 Å². The summed E-state index contributed by atoms with van der Waals surface area (Å²) in [6, 6.07) is 22.1. The van der Waals surface area contributed by atoms with Gasteiger partial charge in [-0.15, -0.1) is 0 Å². The first-order valence-electron chi connectivity index (χ1n) is 14.3. The molecule has 2 atom stereocenters. The van der Waals surface area contributed by atoms with Gasteiger partial charge in [0.2, 0.25) is 0 Å². The third-order valence-electron chi connectivity index (χ3n) is 9.38. The van der Waals surface area contributed by atoms with Gasteiger partial charge in [-0.3, -0.25) is 4.79 Å². The summed E-state index contributed by atoms with van der Waals surface area (Å²) in [6.07, 6.45) is 6.46. The van der Waals surface area contributed by atoms with Crippen molar-refractivity contribution in [2.75, 3.05) is 7.11 Å². The van der Waals surface area contributed by atoms with E-state index in [2.05, 4.69) is 16.7 Å². The van der Waals surface area contributed by atoms with Crippen molar-refractivity contribution in [2.45, 2.75) is 63.5 Å². The van der Waals surface area contributed by atoms with Gasteiger partial charge in [-0.05, 0) is 72.2 Å². The fourth-order valence-electron chi connectivity index (χ4n) is 7.23. The van der Waals surface area contributed by atoms with Crippen molar-refractivity contribution in [1.82, 2.24) is 4.57 Å². The molecule has 0 bridgehead atoms. The molecule has 2 heterocycles. The Hall–Kier alpha value is -4.06. The zero-order valence-corrected chi connectivity index (χ0v) is 22.7.